The molecule has 0 saturated heterocycles. The van der Waals surface area contributed by atoms with E-state index in [9.17, 15) is 9.59 Å². The highest BCUT2D eigenvalue weighted by Gasteiger charge is 2.19. The number of ether oxygens (including phenoxy) is 1. The van der Waals surface area contributed by atoms with E-state index in [-0.39, 0.29) is 5.91 Å². The lowest BCUT2D eigenvalue weighted by Crippen LogP contribution is -2.14. The number of hydrogen-bond acceptors (Lipinski definition) is 5. The van der Waals surface area contributed by atoms with Crippen LogP contribution in [0.5, 0.6) is 0 Å². The summed E-state index contributed by atoms with van der Waals surface area (Å²) < 4.78 is 4.77. The first-order valence-electron chi connectivity index (χ1n) is 8.14. The van der Waals surface area contributed by atoms with Gasteiger partial charge in [0, 0.05) is 11.3 Å². The molecular formula is C20H17ClN2O3S. The lowest BCUT2D eigenvalue weighted by molar-refractivity contribution is 0.0599. The van der Waals surface area contributed by atoms with Crippen LogP contribution < -0.4 is 5.32 Å². The number of carbonyl (C=O) groups is 2. The van der Waals surface area contributed by atoms with Crippen LogP contribution in [0, 0.1) is 13.8 Å². The number of aromatic nitrogens is 1. The number of anilines is 1. The highest BCUT2D eigenvalue weighted by Crippen LogP contribution is 2.33. The van der Waals surface area contributed by atoms with Gasteiger partial charge in [-0.1, -0.05) is 35.9 Å². The fraction of sp³-hybridized carbons (Fsp3) is 0.150. The maximum Gasteiger partial charge on any atom is 0.338 e. The topological polar surface area (TPSA) is 68.3 Å². The van der Waals surface area contributed by atoms with Gasteiger partial charge in [-0.15, -0.1) is 11.3 Å². The number of esters is 1. The standard InChI is InChI=1S/C20H17ClN2O3S/c1-11-13(20(25)26-3)8-6-10-16(11)23-18(24)17-12(2)22-19(27-17)14-7-4-5-9-15(14)21/h4-10H,1-3H3,(H,23,24). The molecule has 0 aliphatic heterocycles. The van der Waals surface area contributed by atoms with Gasteiger partial charge in [0.1, 0.15) is 9.88 Å². The van der Waals surface area contributed by atoms with E-state index in [1.54, 1.807) is 38.1 Å². The third kappa shape index (κ3) is 3.86. The summed E-state index contributed by atoms with van der Waals surface area (Å²) in [7, 11) is 1.32. The molecule has 0 spiro atoms. The van der Waals surface area contributed by atoms with Gasteiger partial charge < -0.3 is 10.1 Å². The van der Waals surface area contributed by atoms with Crippen molar-refractivity contribution >= 4 is 40.5 Å². The summed E-state index contributed by atoms with van der Waals surface area (Å²) in [6.45, 7) is 3.54. The van der Waals surface area contributed by atoms with Gasteiger partial charge >= 0.3 is 5.97 Å². The van der Waals surface area contributed by atoms with Crippen LogP contribution >= 0.6 is 22.9 Å². The van der Waals surface area contributed by atoms with Crippen molar-refractivity contribution < 1.29 is 14.3 Å². The van der Waals surface area contributed by atoms with E-state index >= 15 is 0 Å². The molecule has 0 atom stereocenters. The Labute approximate surface area is 166 Å². The van der Waals surface area contributed by atoms with E-state index in [4.69, 9.17) is 16.3 Å². The summed E-state index contributed by atoms with van der Waals surface area (Å²) in [4.78, 5) is 29.6. The molecule has 0 aliphatic carbocycles. The average molecular weight is 401 g/mol. The Morgan fingerprint density at radius 1 is 1.11 bits per heavy atom. The number of amides is 1. The number of methoxy groups -OCH3 is 1. The van der Waals surface area contributed by atoms with Gasteiger partial charge in [-0.25, -0.2) is 9.78 Å². The lowest BCUT2D eigenvalue weighted by atomic mass is 10.1. The average Bonchev–Trinajstić information content (AvgIpc) is 3.04. The molecule has 0 aliphatic rings. The van der Waals surface area contributed by atoms with Crippen LogP contribution in [-0.4, -0.2) is 24.0 Å². The number of halogens is 1. The maximum absolute atomic E-state index is 12.8. The second-order valence-electron chi connectivity index (χ2n) is 5.84. The van der Waals surface area contributed by atoms with Crippen LogP contribution in [0.4, 0.5) is 5.69 Å². The van der Waals surface area contributed by atoms with Crippen LogP contribution in [0.15, 0.2) is 42.5 Å². The fourth-order valence-corrected chi connectivity index (χ4v) is 3.92. The molecule has 1 aromatic heterocycles. The van der Waals surface area contributed by atoms with Gasteiger partial charge in [-0.2, -0.15) is 0 Å². The van der Waals surface area contributed by atoms with E-state index in [0.29, 0.717) is 37.4 Å². The molecule has 3 aromatic rings. The quantitative estimate of drug-likeness (QED) is 0.617. The molecule has 3 rings (SSSR count). The third-order valence-corrected chi connectivity index (χ3v) is 5.61. The number of nitrogens with zero attached hydrogens (tertiary/aromatic N) is 1. The molecule has 0 radical (unpaired) electrons. The Hall–Kier alpha value is -2.70. The van der Waals surface area contributed by atoms with Crippen molar-refractivity contribution in [1.29, 1.82) is 0 Å². The van der Waals surface area contributed by atoms with Crippen LogP contribution in [0.2, 0.25) is 5.02 Å². The smallest absolute Gasteiger partial charge is 0.338 e. The molecule has 0 fully saturated rings. The van der Waals surface area contributed by atoms with Gasteiger partial charge in [-0.05, 0) is 37.6 Å². The highest BCUT2D eigenvalue weighted by atomic mass is 35.5. The SMILES string of the molecule is COC(=O)c1cccc(NC(=O)c2sc(-c3ccccc3Cl)nc2C)c1C. The number of nitrogens with one attached hydrogen (secondary N) is 1. The highest BCUT2D eigenvalue weighted by molar-refractivity contribution is 7.17. The molecular weight excluding hydrogens is 384 g/mol. The van der Waals surface area contributed by atoms with Crippen molar-refractivity contribution in [3.05, 3.63) is 69.2 Å². The largest absolute Gasteiger partial charge is 0.465 e. The first-order valence-corrected chi connectivity index (χ1v) is 9.33. The van der Waals surface area contributed by atoms with Crippen molar-refractivity contribution in [2.75, 3.05) is 12.4 Å². The molecule has 1 heterocycles. The minimum Gasteiger partial charge on any atom is -0.465 e. The summed E-state index contributed by atoms with van der Waals surface area (Å²) >= 11 is 7.51. The van der Waals surface area contributed by atoms with E-state index in [1.807, 2.05) is 18.2 Å². The zero-order valence-corrected chi connectivity index (χ0v) is 16.6. The van der Waals surface area contributed by atoms with Gasteiger partial charge in [0.15, 0.2) is 0 Å². The van der Waals surface area contributed by atoms with E-state index in [0.717, 1.165) is 5.56 Å². The molecule has 2 aromatic carbocycles. The first-order chi connectivity index (χ1) is 12.9. The zero-order chi connectivity index (χ0) is 19.6. The van der Waals surface area contributed by atoms with E-state index in [2.05, 4.69) is 10.3 Å². The number of benzene rings is 2. The van der Waals surface area contributed by atoms with Crippen molar-refractivity contribution in [3.8, 4) is 10.6 Å². The summed E-state index contributed by atoms with van der Waals surface area (Å²) in [6, 6.07) is 12.5. The molecule has 0 bridgehead atoms. The number of aryl methyl sites for hydroxylation is 1. The maximum atomic E-state index is 12.8. The molecule has 1 amide bonds. The molecule has 7 heteroatoms. The molecule has 0 unspecified atom stereocenters. The van der Waals surface area contributed by atoms with Crippen LogP contribution in [0.3, 0.4) is 0 Å². The predicted octanol–water partition coefficient (Wildman–Crippen LogP) is 5.12. The summed E-state index contributed by atoms with van der Waals surface area (Å²) in [5.74, 6) is -0.730. The molecule has 1 N–H and O–H groups in total. The summed E-state index contributed by atoms with van der Waals surface area (Å²) in [6.07, 6.45) is 0. The van der Waals surface area contributed by atoms with E-state index < -0.39 is 5.97 Å². The normalized spacial score (nSPS) is 10.5. The Balaban J connectivity index is 1.90. The van der Waals surface area contributed by atoms with E-state index in [1.165, 1.54) is 18.4 Å². The van der Waals surface area contributed by atoms with Crippen molar-refractivity contribution in [3.63, 3.8) is 0 Å². The van der Waals surface area contributed by atoms with Crippen LogP contribution in [-0.2, 0) is 4.74 Å². The fourth-order valence-electron chi connectivity index (χ4n) is 2.64. The minimum atomic E-state index is -0.446. The number of rotatable bonds is 4. The Morgan fingerprint density at radius 3 is 2.56 bits per heavy atom. The van der Waals surface area contributed by atoms with Gasteiger partial charge in [0.25, 0.3) is 5.91 Å². The molecule has 27 heavy (non-hydrogen) atoms. The third-order valence-electron chi connectivity index (χ3n) is 4.09. The monoisotopic (exact) mass is 400 g/mol. The van der Waals surface area contributed by atoms with Crippen molar-refractivity contribution in [2.24, 2.45) is 0 Å². The molecule has 138 valence electrons. The Kier molecular flexibility index (Phi) is 5.58. The predicted molar refractivity (Wildman–Crippen MR) is 108 cm³/mol. The Bertz CT molecular complexity index is 1030. The van der Waals surface area contributed by atoms with Crippen molar-refractivity contribution in [1.82, 2.24) is 4.98 Å². The summed E-state index contributed by atoms with van der Waals surface area (Å²) in [5, 5.41) is 4.12. The van der Waals surface area contributed by atoms with Crippen molar-refractivity contribution in [2.45, 2.75) is 13.8 Å². The van der Waals surface area contributed by atoms with Gasteiger partial charge in [0.05, 0.1) is 23.4 Å². The second kappa shape index (κ2) is 7.90. The molecule has 0 saturated carbocycles. The summed E-state index contributed by atoms with van der Waals surface area (Å²) in [5.41, 5.74) is 3.01. The number of hydrogen-bond donors (Lipinski definition) is 1. The van der Waals surface area contributed by atoms with Crippen LogP contribution in [0.1, 0.15) is 31.3 Å². The number of thiazole rings is 1. The van der Waals surface area contributed by atoms with Gasteiger partial charge in [-0.3, -0.25) is 4.79 Å². The second-order valence-corrected chi connectivity index (χ2v) is 7.24. The van der Waals surface area contributed by atoms with Gasteiger partial charge in [0.2, 0.25) is 0 Å². The minimum absolute atomic E-state index is 0.284. The van der Waals surface area contributed by atoms with Crippen LogP contribution in [0.25, 0.3) is 10.6 Å². The Morgan fingerprint density at radius 2 is 1.85 bits per heavy atom. The first kappa shape index (κ1) is 19.1. The molecule has 5 nitrogen and oxygen atoms in total. The zero-order valence-electron chi connectivity index (χ0n) is 15.0. The number of carbonyl (C=O) groups excluding carboxylic acids is 2. The lowest BCUT2D eigenvalue weighted by Gasteiger charge is -2.11.